The van der Waals surface area contributed by atoms with E-state index in [9.17, 15) is 5.11 Å². The standard InChI is InChI=1S/C15H23NO/c1-11-5-4-6-14(9-11)13(3)16-8-7-12(2)15(17)10-16/h4-6,9,12-13,15,17H,7-8,10H2,1-3H3. The van der Waals surface area contributed by atoms with Gasteiger partial charge in [0.15, 0.2) is 0 Å². The zero-order chi connectivity index (χ0) is 12.4. The monoisotopic (exact) mass is 233 g/mol. The van der Waals surface area contributed by atoms with Crippen molar-refractivity contribution in [2.45, 2.75) is 39.3 Å². The highest BCUT2D eigenvalue weighted by molar-refractivity contribution is 5.24. The third-order valence-electron chi connectivity index (χ3n) is 4.02. The molecule has 1 aromatic rings. The summed E-state index contributed by atoms with van der Waals surface area (Å²) in [5, 5.41) is 9.96. The molecule has 2 heteroatoms. The summed E-state index contributed by atoms with van der Waals surface area (Å²) in [7, 11) is 0. The van der Waals surface area contributed by atoms with Gasteiger partial charge in [0.25, 0.3) is 0 Å². The molecule has 1 heterocycles. The minimum Gasteiger partial charge on any atom is -0.392 e. The van der Waals surface area contributed by atoms with Crippen LogP contribution >= 0.6 is 0 Å². The number of aliphatic hydroxyl groups is 1. The van der Waals surface area contributed by atoms with E-state index in [1.807, 2.05) is 0 Å². The van der Waals surface area contributed by atoms with Gasteiger partial charge >= 0.3 is 0 Å². The van der Waals surface area contributed by atoms with Crippen LogP contribution in [-0.2, 0) is 0 Å². The molecule has 3 unspecified atom stereocenters. The van der Waals surface area contributed by atoms with Crippen LogP contribution in [0.15, 0.2) is 24.3 Å². The number of hydrogen-bond donors (Lipinski definition) is 1. The van der Waals surface area contributed by atoms with Gasteiger partial charge in [-0.3, -0.25) is 4.90 Å². The minimum absolute atomic E-state index is 0.170. The van der Waals surface area contributed by atoms with Crippen molar-refractivity contribution in [1.82, 2.24) is 4.90 Å². The zero-order valence-electron chi connectivity index (χ0n) is 11.1. The van der Waals surface area contributed by atoms with Crippen LogP contribution in [0.1, 0.15) is 37.4 Å². The molecular weight excluding hydrogens is 210 g/mol. The molecule has 94 valence electrons. The normalized spacial score (nSPS) is 28.0. The summed E-state index contributed by atoms with van der Waals surface area (Å²) >= 11 is 0. The Labute approximate surface area is 104 Å². The lowest BCUT2D eigenvalue weighted by Crippen LogP contribution is -2.43. The van der Waals surface area contributed by atoms with Crippen molar-refractivity contribution in [2.24, 2.45) is 5.92 Å². The first-order chi connectivity index (χ1) is 8.08. The quantitative estimate of drug-likeness (QED) is 0.849. The van der Waals surface area contributed by atoms with Crippen molar-refractivity contribution in [2.75, 3.05) is 13.1 Å². The first kappa shape index (κ1) is 12.6. The van der Waals surface area contributed by atoms with E-state index >= 15 is 0 Å². The molecule has 0 aromatic heterocycles. The molecule has 1 fully saturated rings. The summed E-state index contributed by atoms with van der Waals surface area (Å²) < 4.78 is 0. The first-order valence-corrected chi connectivity index (χ1v) is 6.56. The first-order valence-electron chi connectivity index (χ1n) is 6.56. The fraction of sp³-hybridized carbons (Fsp3) is 0.600. The topological polar surface area (TPSA) is 23.5 Å². The molecule has 0 spiro atoms. The van der Waals surface area contributed by atoms with Gasteiger partial charge in [-0.2, -0.15) is 0 Å². The highest BCUT2D eigenvalue weighted by Gasteiger charge is 2.27. The molecule has 0 radical (unpaired) electrons. The van der Waals surface area contributed by atoms with Crippen LogP contribution in [0.2, 0.25) is 0 Å². The number of hydrogen-bond acceptors (Lipinski definition) is 2. The van der Waals surface area contributed by atoms with E-state index in [-0.39, 0.29) is 6.10 Å². The van der Waals surface area contributed by atoms with E-state index in [0.717, 1.165) is 19.5 Å². The second-order valence-electron chi connectivity index (χ2n) is 5.42. The molecule has 2 rings (SSSR count). The van der Waals surface area contributed by atoms with Crippen molar-refractivity contribution in [3.8, 4) is 0 Å². The van der Waals surface area contributed by atoms with Gasteiger partial charge in [0.05, 0.1) is 6.10 Å². The summed E-state index contributed by atoms with van der Waals surface area (Å²) in [5.41, 5.74) is 2.66. The van der Waals surface area contributed by atoms with Gasteiger partial charge in [-0.1, -0.05) is 36.8 Å². The van der Waals surface area contributed by atoms with Crippen molar-refractivity contribution < 1.29 is 5.11 Å². The lowest BCUT2D eigenvalue weighted by molar-refractivity contribution is 0.0129. The fourth-order valence-corrected chi connectivity index (χ4v) is 2.57. The van der Waals surface area contributed by atoms with E-state index < -0.39 is 0 Å². The van der Waals surface area contributed by atoms with Crippen LogP contribution in [0.25, 0.3) is 0 Å². The Balaban J connectivity index is 2.07. The van der Waals surface area contributed by atoms with E-state index in [4.69, 9.17) is 0 Å². The van der Waals surface area contributed by atoms with Gasteiger partial charge in [-0.25, -0.2) is 0 Å². The molecule has 0 saturated carbocycles. The predicted octanol–water partition coefficient (Wildman–Crippen LogP) is 2.76. The van der Waals surface area contributed by atoms with Crippen LogP contribution in [-0.4, -0.2) is 29.2 Å². The molecule has 1 aromatic carbocycles. The predicted molar refractivity (Wildman–Crippen MR) is 71.0 cm³/mol. The number of benzene rings is 1. The molecule has 1 aliphatic heterocycles. The lowest BCUT2D eigenvalue weighted by Gasteiger charge is -2.38. The fourth-order valence-electron chi connectivity index (χ4n) is 2.57. The van der Waals surface area contributed by atoms with Gasteiger partial charge in [0.2, 0.25) is 0 Å². The van der Waals surface area contributed by atoms with Gasteiger partial charge in [0, 0.05) is 12.6 Å². The maximum atomic E-state index is 9.96. The van der Waals surface area contributed by atoms with Gasteiger partial charge < -0.3 is 5.11 Å². The largest absolute Gasteiger partial charge is 0.392 e. The van der Waals surface area contributed by atoms with Crippen molar-refractivity contribution >= 4 is 0 Å². The smallest absolute Gasteiger partial charge is 0.0693 e. The van der Waals surface area contributed by atoms with E-state index in [1.54, 1.807) is 0 Å². The number of aliphatic hydroxyl groups excluding tert-OH is 1. The second kappa shape index (κ2) is 5.19. The number of β-amino-alcohol motifs (C(OH)–C–C–N with tert-alkyl or cyclic N) is 1. The summed E-state index contributed by atoms with van der Waals surface area (Å²) in [6.45, 7) is 8.39. The molecule has 3 atom stereocenters. The van der Waals surface area contributed by atoms with Crippen LogP contribution < -0.4 is 0 Å². The third kappa shape index (κ3) is 2.88. The van der Waals surface area contributed by atoms with Crippen LogP contribution in [0.5, 0.6) is 0 Å². The number of aryl methyl sites for hydroxylation is 1. The number of nitrogens with zero attached hydrogens (tertiary/aromatic N) is 1. The van der Waals surface area contributed by atoms with Gasteiger partial charge in [-0.05, 0) is 38.3 Å². The Hall–Kier alpha value is -0.860. The Morgan fingerprint density at radius 3 is 2.82 bits per heavy atom. The summed E-state index contributed by atoms with van der Waals surface area (Å²) in [4.78, 5) is 2.39. The molecule has 0 aliphatic carbocycles. The summed E-state index contributed by atoms with van der Waals surface area (Å²) in [6.07, 6.45) is 0.924. The summed E-state index contributed by atoms with van der Waals surface area (Å²) in [5.74, 6) is 0.441. The molecule has 0 amide bonds. The molecule has 17 heavy (non-hydrogen) atoms. The molecule has 1 saturated heterocycles. The molecule has 2 nitrogen and oxygen atoms in total. The molecule has 0 bridgehead atoms. The van der Waals surface area contributed by atoms with Crippen molar-refractivity contribution in [3.05, 3.63) is 35.4 Å². The van der Waals surface area contributed by atoms with E-state index in [2.05, 4.69) is 49.9 Å². The Morgan fingerprint density at radius 2 is 2.18 bits per heavy atom. The molecule has 1 N–H and O–H groups in total. The van der Waals surface area contributed by atoms with Crippen LogP contribution in [0.4, 0.5) is 0 Å². The highest BCUT2D eigenvalue weighted by atomic mass is 16.3. The van der Waals surface area contributed by atoms with Crippen LogP contribution in [0, 0.1) is 12.8 Å². The second-order valence-corrected chi connectivity index (χ2v) is 5.42. The Morgan fingerprint density at radius 1 is 1.41 bits per heavy atom. The Kier molecular flexibility index (Phi) is 3.85. The maximum Gasteiger partial charge on any atom is 0.0693 e. The van der Waals surface area contributed by atoms with Crippen LogP contribution in [0.3, 0.4) is 0 Å². The lowest BCUT2D eigenvalue weighted by atomic mass is 9.93. The highest BCUT2D eigenvalue weighted by Crippen LogP contribution is 2.26. The Bertz CT molecular complexity index is 377. The maximum absolute atomic E-state index is 9.96. The van der Waals surface area contributed by atoms with Gasteiger partial charge in [0.1, 0.15) is 0 Å². The van der Waals surface area contributed by atoms with Gasteiger partial charge in [-0.15, -0.1) is 0 Å². The average Bonchev–Trinajstić information content (AvgIpc) is 2.32. The number of likely N-dealkylation sites (tertiary alicyclic amines) is 1. The number of rotatable bonds is 2. The zero-order valence-corrected chi connectivity index (χ0v) is 11.1. The molecule has 1 aliphatic rings. The third-order valence-corrected chi connectivity index (χ3v) is 4.02. The van der Waals surface area contributed by atoms with Crippen molar-refractivity contribution in [1.29, 1.82) is 0 Å². The van der Waals surface area contributed by atoms with E-state index in [1.165, 1.54) is 11.1 Å². The van der Waals surface area contributed by atoms with E-state index in [0.29, 0.717) is 12.0 Å². The minimum atomic E-state index is -0.170. The van der Waals surface area contributed by atoms with Crippen molar-refractivity contribution in [3.63, 3.8) is 0 Å². The SMILES string of the molecule is Cc1cccc(C(C)N2CCC(C)C(O)C2)c1. The average molecular weight is 233 g/mol. The molecular formula is C15H23NO. The number of piperidine rings is 1. The summed E-state index contributed by atoms with van der Waals surface area (Å²) in [6, 6.07) is 9.07.